The van der Waals surface area contributed by atoms with Crippen molar-refractivity contribution in [2.45, 2.75) is 43.7 Å². The lowest BCUT2D eigenvalue weighted by atomic mass is 9.49. The molecule has 0 spiro atoms. The molecule has 6 unspecified atom stereocenters. The molecule has 10 nitrogen and oxygen atoms in total. The quantitative estimate of drug-likeness (QED) is 0.188. The molecule has 7 rings (SSSR count). The molecule has 2 aliphatic heterocycles. The van der Waals surface area contributed by atoms with Crippen LogP contribution in [0, 0.1) is 23.7 Å². The Labute approximate surface area is 314 Å². The fourth-order valence-corrected chi connectivity index (χ4v) is 9.38. The average molecular weight is 822 g/mol. The minimum absolute atomic E-state index is 0.0155. The molecule has 3 aromatic rings. The molecule has 0 bridgehead atoms. The van der Waals surface area contributed by atoms with Gasteiger partial charge in [0, 0.05) is 23.7 Å². The SMILES string of the molecule is CCCN1C(=O)C2CC=C3C(CC4C(=O)N(Nc5ncc(C(F)(F)F)cc5Cl)C(=O)C4(c4ccc(Cl)cc4)C3c3cc(Br)c(O)c(OC)c3)C2C1=O. The Morgan fingerprint density at radius 1 is 1.06 bits per heavy atom. The number of carbonyl (C=O) groups is 4. The number of halogens is 6. The van der Waals surface area contributed by atoms with Crippen molar-refractivity contribution in [1.82, 2.24) is 14.9 Å². The van der Waals surface area contributed by atoms with Gasteiger partial charge in [-0.05, 0) is 82.6 Å². The van der Waals surface area contributed by atoms with E-state index in [0.29, 0.717) is 40.4 Å². The first-order chi connectivity index (χ1) is 24.6. The summed E-state index contributed by atoms with van der Waals surface area (Å²) in [7, 11) is 1.36. The van der Waals surface area contributed by atoms with Gasteiger partial charge in [0.05, 0.1) is 45.3 Å². The lowest BCUT2D eigenvalue weighted by Gasteiger charge is -2.50. The molecule has 3 fully saturated rings. The molecule has 2 saturated heterocycles. The Balaban J connectivity index is 1.46. The summed E-state index contributed by atoms with van der Waals surface area (Å²) in [5.74, 6) is -6.91. The van der Waals surface area contributed by atoms with Gasteiger partial charge in [0.25, 0.3) is 11.8 Å². The first-order valence-electron chi connectivity index (χ1n) is 16.4. The van der Waals surface area contributed by atoms with Gasteiger partial charge >= 0.3 is 6.18 Å². The number of allylic oxidation sites excluding steroid dienone is 2. The number of pyridine rings is 1. The van der Waals surface area contributed by atoms with Crippen LogP contribution in [-0.2, 0) is 30.8 Å². The minimum Gasteiger partial charge on any atom is -0.503 e. The van der Waals surface area contributed by atoms with Crippen molar-refractivity contribution >= 4 is 68.6 Å². The van der Waals surface area contributed by atoms with Gasteiger partial charge in [-0.2, -0.15) is 18.2 Å². The van der Waals surface area contributed by atoms with E-state index in [9.17, 15) is 32.7 Å². The molecule has 272 valence electrons. The van der Waals surface area contributed by atoms with Gasteiger partial charge in [-0.25, -0.2) is 4.98 Å². The number of carbonyl (C=O) groups excluding carboxylic acids is 4. The average Bonchev–Trinajstić information content (AvgIpc) is 3.47. The van der Waals surface area contributed by atoms with Crippen molar-refractivity contribution in [2.75, 3.05) is 19.1 Å². The maximum absolute atomic E-state index is 15.3. The molecule has 1 aromatic heterocycles. The van der Waals surface area contributed by atoms with Crippen LogP contribution < -0.4 is 10.2 Å². The van der Waals surface area contributed by atoms with Crippen molar-refractivity contribution in [2.24, 2.45) is 23.7 Å². The van der Waals surface area contributed by atoms with Gasteiger partial charge in [0.1, 0.15) is 0 Å². The highest BCUT2D eigenvalue weighted by molar-refractivity contribution is 9.10. The summed E-state index contributed by atoms with van der Waals surface area (Å²) in [6.07, 6.45) is -1.58. The fourth-order valence-electron chi connectivity index (χ4n) is 8.58. The number of aromatic nitrogens is 1. The topological polar surface area (TPSA) is 129 Å². The second-order valence-corrected chi connectivity index (χ2v) is 15.0. The Morgan fingerprint density at radius 2 is 1.77 bits per heavy atom. The number of nitrogens with zero attached hydrogens (tertiary/aromatic N) is 3. The highest BCUT2D eigenvalue weighted by Gasteiger charge is 2.70. The number of alkyl halides is 3. The Bertz CT molecular complexity index is 2060. The van der Waals surface area contributed by atoms with Gasteiger partial charge in [-0.3, -0.25) is 29.5 Å². The Morgan fingerprint density at radius 3 is 2.40 bits per heavy atom. The number of fused-ring (bicyclic) bond motifs is 4. The smallest absolute Gasteiger partial charge is 0.417 e. The zero-order valence-corrected chi connectivity index (χ0v) is 30.6. The van der Waals surface area contributed by atoms with Crippen molar-refractivity contribution in [1.29, 1.82) is 0 Å². The number of hydrogen-bond acceptors (Lipinski definition) is 8. The molecule has 0 radical (unpaired) electrons. The van der Waals surface area contributed by atoms with E-state index in [0.717, 1.165) is 5.01 Å². The fraction of sp³-hybridized carbons (Fsp3) is 0.361. The van der Waals surface area contributed by atoms with Gasteiger partial charge in [0.2, 0.25) is 11.8 Å². The van der Waals surface area contributed by atoms with Crippen LogP contribution in [0.4, 0.5) is 19.0 Å². The number of nitrogens with one attached hydrogen (secondary N) is 1. The molecule has 3 heterocycles. The molecule has 4 amide bonds. The summed E-state index contributed by atoms with van der Waals surface area (Å²) in [4.78, 5) is 62.7. The minimum atomic E-state index is -4.75. The van der Waals surface area contributed by atoms with Crippen LogP contribution in [0.3, 0.4) is 0 Å². The van der Waals surface area contributed by atoms with Crippen LogP contribution in [0.1, 0.15) is 48.8 Å². The Kier molecular flexibility index (Phi) is 9.10. The third-order valence-electron chi connectivity index (χ3n) is 10.7. The Hall–Kier alpha value is -4.14. The number of phenols is 1. The second kappa shape index (κ2) is 13.1. The largest absolute Gasteiger partial charge is 0.503 e. The molecule has 6 atom stereocenters. The number of phenolic OH excluding ortho intramolecular Hbond substituents is 1. The van der Waals surface area contributed by atoms with Crippen molar-refractivity contribution in [3.05, 3.63) is 91.5 Å². The summed E-state index contributed by atoms with van der Waals surface area (Å²) >= 11 is 15.9. The summed E-state index contributed by atoms with van der Waals surface area (Å²) in [6, 6.07) is 10.2. The van der Waals surface area contributed by atoms with E-state index in [-0.39, 0.29) is 53.0 Å². The van der Waals surface area contributed by atoms with Crippen LogP contribution in [-0.4, -0.2) is 57.3 Å². The molecule has 52 heavy (non-hydrogen) atoms. The van der Waals surface area contributed by atoms with Crippen LogP contribution in [0.2, 0.25) is 10.0 Å². The summed E-state index contributed by atoms with van der Waals surface area (Å²) in [5.41, 5.74) is 1.24. The van der Waals surface area contributed by atoms with Gasteiger partial charge in [-0.15, -0.1) is 0 Å². The number of ether oxygens (including phenoxy) is 1. The van der Waals surface area contributed by atoms with Crippen LogP contribution >= 0.6 is 39.1 Å². The standard InChI is InChI=1S/C36H30BrCl2F3N4O6/c1-3-10-45-31(48)21-9-8-20-22(27(21)33(45)50)14-23-32(49)46(44-30-25(39)13-18(15-43-30)36(40,41)42)34(51)35(23,17-4-6-19(38)7-5-17)28(20)16-11-24(37)29(47)26(12-16)52-2/h4-8,11-13,15,21-23,27-28,47H,3,9-10,14H2,1-2H3,(H,43,44). The third-order valence-corrected chi connectivity index (χ3v) is 11.8. The lowest BCUT2D eigenvalue weighted by Crippen LogP contribution is -2.53. The summed E-state index contributed by atoms with van der Waals surface area (Å²) < 4.78 is 46.0. The normalized spacial score (nSPS) is 27.0. The molecule has 2 aliphatic carbocycles. The number of likely N-dealkylation sites (tertiary alicyclic amines) is 1. The highest BCUT2D eigenvalue weighted by atomic mass is 79.9. The predicted octanol–water partition coefficient (Wildman–Crippen LogP) is 7.28. The number of amides is 4. The number of methoxy groups -OCH3 is 1. The number of anilines is 1. The van der Waals surface area contributed by atoms with Gasteiger partial charge in [0.15, 0.2) is 17.3 Å². The van der Waals surface area contributed by atoms with Crippen molar-refractivity contribution in [3.8, 4) is 11.5 Å². The number of hydrazine groups is 1. The molecule has 4 aliphatic rings. The zero-order valence-electron chi connectivity index (χ0n) is 27.5. The van der Waals surface area contributed by atoms with E-state index in [1.807, 2.05) is 13.0 Å². The molecular formula is C36H30BrCl2F3N4O6. The van der Waals surface area contributed by atoms with Crippen molar-refractivity contribution in [3.63, 3.8) is 0 Å². The summed E-state index contributed by atoms with van der Waals surface area (Å²) in [6.45, 7) is 2.11. The first-order valence-corrected chi connectivity index (χ1v) is 17.9. The van der Waals surface area contributed by atoms with E-state index in [4.69, 9.17) is 27.9 Å². The van der Waals surface area contributed by atoms with Gasteiger partial charge < -0.3 is 9.84 Å². The molecular weight excluding hydrogens is 792 g/mol. The summed E-state index contributed by atoms with van der Waals surface area (Å²) in [5, 5.41) is 11.4. The zero-order chi connectivity index (χ0) is 37.4. The number of aromatic hydroxyl groups is 1. The lowest BCUT2D eigenvalue weighted by molar-refractivity contribution is -0.141. The monoisotopic (exact) mass is 820 g/mol. The maximum Gasteiger partial charge on any atom is 0.417 e. The number of hydrogen-bond donors (Lipinski definition) is 2. The van der Waals surface area contributed by atoms with E-state index in [2.05, 4.69) is 26.3 Å². The maximum atomic E-state index is 15.3. The highest BCUT2D eigenvalue weighted by Crippen LogP contribution is 2.64. The number of benzene rings is 2. The van der Waals surface area contributed by atoms with E-state index in [1.54, 1.807) is 36.4 Å². The van der Waals surface area contributed by atoms with E-state index in [1.165, 1.54) is 12.0 Å². The third kappa shape index (κ3) is 5.39. The molecule has 2 N–H and O–H groups in total. The van der Waals surface area contributed by atoms with E-state index < -0.39 is 63.6 Å². The second-order valence-electron chi connectivity index (χ2n) is 13.3. The van der Waals surface area contributed by atoms with Crippen LogP contribution in [0.25, 0.3) is 0 Å². The van der Waals surface area contributed by atoms with E-state index >= 15 is 4.79 Å². The van der Waals surface area contributed by atoms with Gasteiger partial charge in [-0.1, -0.05) is 53.9 Å². The van der Waals surface area contributed by atoms with Crippen LogP contribution in [0.15, 0.2) is 64.8 Å². The molecule has 2 aromatic carbocycles. The molecule has 16 heteroatoms. The van der Waals surface area contributed by atoms with Crippen molar-refractivity contribution < 1.29 is 42.2 Å². The van der Waals surface area contributed by atoms with Crippen LogP contribution in [0.5, 0.6) is 11.5 Å². The number of imide groups is 2. The molecule has 1 saturated carbocycles. The number of rotatable bonds is 7. The predicted molar refractivity (Wildman–Crippen MR) is 186 cm³/mol. The first kappa shape index (κ1) is 36.2.